The molecular weight excluding hydrogens is 322 g/mol. The van der Waals surface area contributed by atoms with Gasteiger partial charge in [-0.2, -0.15) is 0 Å². The van der Waals surface area contributed by atoms with Crippen LogP contribution in [0.3, 0.4) is 0 Å². The number of carbonyl (C=O) groups is 1. The Balaban J connectivity index is 2.00. The van der Waals surface area contributed by atoms with Crippen LogP contribution in [0.15, 0.2) is 28.8 Å². The Bertz CT molecular complexity index is 714. The first-order chi connectivity index (χ1) is 11.9. The standard InChI is InChI=1S/C18H25N3O4/c1-6-24-15-8-7-14(10-16(15)23-5)12(3)19-13(4)18(22)20-17-9-11(2)25-21-17/h7-10,12-13,19H,6H2,1-5H3,(H,20,21,22)/t12-,13-/m1/s1. The Labute approximate surface area is 147 Å². The molecule has 0 aliphatic heterocycles. The van der Waals surface area contributed by atoms with E-state index in [0.29, 0.717) is 29.7 Å². The Kier molecular flexibility index (Phi) is 6.41. The number of nitrogens with one attached hydrogen (secondary N) is 2. The number of anilines is 1. The lowest BCUT2D eigenvalue weighted by molar-refractivity contribution is -0.118. The monoisotopic (exact) mass is 347 g/mol. The summed E-state index contributed by atoms with van der Waals surface area (Å²) in [7, 11) is 1.61. The van der Waals surface area contributed by atoms with E-state index in [2.05, 4.69) is 15.8 Å². The van der Waals surface area contributed by atoms with Crippen LogP contribution in [0.25, 0.3) is 0 Å². The summed E-state index contributed by atoms with van der Waals surface area (Å²) in [5, 5.41) is 9.74. The minimum Gasteiger partial charge on any atom is -0.493 e. The van der Waals surface area contributed by atoms with Crippen molar-refractivity contribution in [1.82, 2.24) is 10.5 Å². The van der Waals surface area contributed by atoms with Crippen LogP contribution in [0, 0.1) is 6.92 Å². The number of aromatic nitrogens is 1. The summed E-state index contributed by atoms with van der Waals surface area (Å²) in [5.41, 5.74) is 0.997. The molecule has 0 saturated carbocycles. The summed E-state index contributed by atoms with van der Waals surface area (Å²) < 4.78 is 15.8. The molecule has 2 rings (SSSR count). The summed E-state index contributed by atoms with van der Waals surface area (Å²) in [6.07, 6.45) is 0. The molecule has 0 saturated heterocycles. The molecule has 0 spiro atoms. The summed E-state index contributed by atoms with van der Waals surface area (Å²) in [6, 6.07) is 6.95. The zero-order chi connectivity index (χ0) is 18.4. The molecule has 2 atom stereocenters. The van der Waals surface area contributed by atoms with Crippen LogP contribution >= 0.6 is 0 Å². The highest BCUT2D eigenvalue weighted by molar-refractivity contribution is 5.93. The Morgan fingerprint density at radius 2 is 2.04 bits per heavy atom. The number of rotatable bonds is 8. The molecule has 1 aromatic carbocycles. The topological polar surface area (TPSA) is 85.6 Å². The number of hydrogen-bond acceptors (Lipinski definition) is 6. The Hall–Kier alpha value is -2.54. The molecule has 1 heterocycles. The molecule has 0 fully saturated rings. The van der Waals surface area contributed by atoms with Gasteiger partial charge >= 0.3 is 0 Å². The maximum absolute atomic E-state index is 12.3. The Morgan fingerprint density at radius 1 is 1.28 bits per heavy atom. The third-order valence-electron chi connectivity index (χ3n) is 3.76. The van der Waals surface area contributed by atoms with E-state index in [-0.39, 0.29) is 11.9 Å². The van der Waals surface area contributed by atoms with Crippen LogP contribution in [-0.2, 0) is 4.79 Å². The van der Waals surface area contributed by atoms with Gasteiger partial charge in [-0.1, -0.05) is 11.2 Å². The van der Waals surface area contributed by atoms with Crippen molar-refractivity contribution < 1.29 is 18.8 Å². The number of carbonyl (C=O) groups excluding carboxylic acids is 1. The number of hydrogen-bond donors (Lipinski definition) is 2. The molecule has 25 heavy (non-hydrogen) atoms. The largest absolute Gasteiger partial charge is 0.493 e. The van der Waals surface area contributed by atoms with Gasteiger partial charge in [0.2, 0.25) is 5.91 Å². The second kappa shape index (κ2) is 8.53. The third kappa shape index (κ3) is 4.96. The molecule has 7 heteroatoms. The maximum Gasteiger partial charge on any atom is 0.242 e. The minimum absolute atomic E-state index is 0.0515. The van der Waals surface area contributed by atoms with Gasteiger partial charge in [-0.3, -0.25) is 10.1 Å². The van der Waals surface area contributed by atoms with E-state index >= 15 is 0 Å². The smallest absolute Gasteiger partial charge is 0.242 e. The second-order valence-electron chi connectivity index (χ2n) is 5.77. The fourth-order valence-corrected chi connectivity index (χ4v) is 2.43. The molecule has 1 aromatic heterocycles. The quantitative estimate of drug-likeness (QED) is 0.763. The molecule has 2 aromatic rings. The molecule has 0 bridgehead atoms. The molecule has 136 valence electrons. The van der Waals surface area contributed by atoms with E-state index in [1.165, 1.54) is 0 Å². The van der Waals surface area contributed by atoms with Gasteiger partial charge in [0.15, 0.2) is 17.3 Å². The minimum atomic E-state index is -0.412. The fraction of sp³-hybridized carbons (Fsp3) is 0.444. The molecule has 2 N–H and O–H groups in total. The van der Waals surface area contributed by atoms with E-state index in [0.717, 1.165) is 5.56 Å². The summed E-state index contributed by atoms with van der Waals surface area (Å²) in [4.78, 5) is 12.3. The zero-order valence-electron chi connectivity index (χ0n) is 15.3. The number of amides is 1. The summed E-state index contributed by atoms with van der Waals surface area (Å²) >= 11 is 0. The normalized spacial score (nSPS) is 13.2. The number of nitrogens with zero attached hydrogens (tertiary/aromatic N) is 1. The number of benzene rings is 1. The fourth-order valence-electron chi connectivity index (χ4n) is 2.43. The van der Waals surface area contributed by atoms with Crippen LogP contribution in [-0.4, -0.2) is 30.8 Å². The van der Waals surface area contributed by atoms with Gasteiger partial charge in [0.05, 0.1) is 19.8 Å². The van der Waals surface area contributed by atoms with Crippen molar-refractivity contribution in [3.63, 3.8) is 0 Å². The van der Waals surface area contributed by atoms with E-state index in [4.69, 9.17) is 14.0 Å². The molecule has 0 radical (unpaired) electrons. The molecule has 0 unspecified atom stereocenters. The van der Waals surface area contributed by atoms with Gasteiger partial charge in [-0.05, 0) is 45.4 Å². The van der Waals surface area contributed by atoms with E-state index in [9.17, 15) is 4.79 Å². The molecule has 1 amide bonds. The predicted octanol–water partition coefficient (Wildman–Crippen LogP) is 3.07. The highest BCUT2D eigenvalue weighted by Crippen LogP contribution is 2.30. The van der Waals surface area contributed by atoms with Gasteiger partial charge in [0.1, 0.15) is 5.76 Å². The van der Waals surface area contributed by atoms with Crippen LogP contribution in [0.1, 0.15) is 38.1 Å². The third-order valence-corrected chi connectivity index (χ3v) is 3.76. The lowest BCUT2D eigenvalue weighted by Crippen LogP contribution is -2.39. The molecule has 7 nitrogen and oxygen atoms in total. The summed E-state index contributed by atoms with van der Waals surface area (Å²) in [5.74, 6) is 2.24. The number of methoxy groups -OCH3 is 1. The van der Waals surface area contributed by atoms with Crippen LogP contribution in [0.4, 0.5) is 5.82 Å². The van der Waals surface area contributed by atoms with Crippen molar-refractivity contribution in [1.29, 1.82) is 0 Å². The molecule has 0 aliphatic carbocycles. The van der Waals surface area contributed by atoms with Gasteiger partial charge in [0, 0.05) is 12.1 Å². The average Bonchev–Trinajstić information content (AvgIpc) is 3.00. The predicted molar refractivity (Wildman–Crippen MR) is 95.0 cm³/mol. The van der Waals surface area contributed by atoms with Gasteiger partial charge in [0.25, 0.3) is 0 Å². The van der Waals surface area contributed by atoms with E-state index in [1.54, 1.807) is 27.0 Å². The lowest BCUT2D eigenvalue weighted by atomic mass is 10.1. The van der Waals surface area contributed by atoms with Crippen molar-refractivity contribution >= 4 is 11.7 Å². The van der Waals surface area contributed by atoms with Crippen molar-refractivity contribution in [3.05, 3.63) is 35.6 Å². The highest BCUT2D eigenvalue weighted by atomic mass is 16.5. The van der Waals surface area contributed by atoms with Crippen LogP contribution < -0.4 is 20.1 Å². The van der Waals surface area contributed by atoms with Gasteiger partial charge in [-0.25, -0.2) is 0 Å². The molecule has 0 aliphatic rings. The van der Waals surface area contributed by atoms with Gasteiger partial charge in [-0.15, -0.1) is 0 Å². The van der Waals surface area contributed by atoms with Crippen LogP contribution in [0.5, 0.6) is 11.5 Å². The average molecular weight is 347 g/mol. The number of ether oxygens (including phenoxy) is 2. The second-order valence-corrected chi connectivity index (χ2v) is 5.77. The number of aryl methyl sites for hydroxylation is 1. The first kappa shape index (κ1) is 18.8. The van der Waals surface area contributed by atoms with Crippen molar-refractivity contribution in [2.45, 2.75) is 39.8 Å². The van der Waals surface area contributed by atoms with Crippen molar-refractivity contribution in [2.24, 2.45) is 0 Å². The van der Waals surface area contributed by atoms with Gasteiger partial charge < -0.3 is 19.3 Å². The van der Waals surface area contributed by atoms with E-state index < -0.39 is 6.04 Å². The van der Waals surface area contributed by atoms with Crippen molar-refractivity contribution in [3.8, 4) is 11.5 Å². The SMILES string of the molecule is CCOc1ccc([C@@H](C)N[C@H](C)C(=O)Nc2cc(C)on2)cc1OC. The molecular formula is C18H25N3O4. The summed E-state index contributed by atoms with van der Waals surface area (Å²) in [6.45, 7) is 8.05. The van der Waals surface area contributed by atoms with E-state index in [1.807, 2.05) is 32.0 Å². The Morgan fingerprint density at radius 3 is 2.64 bits per heavy atom. The van der Waals surface area contributed by atoms with Crippen LogP contribution in [0.2, 0.25) is 0 Å². The highest BCUT2D eigenvalue weighted by Gasteiger charge is 2.18. The first-order valence-corrected chi connectivity index (χ1v) is 8.25. The van der Waals surface area contributed by atoms with Crippen molar-refractivity contribution in [2.75, 3.05) is 19.0 Å². The zero-order valence-corrected chi connectivity index (χ0v) is 15.3. The lowest BCUT2D eigenvalue weighted by Gasteiger charge is -2.20. The first-order valence-electron chi connectivity index (χ1n) is 8.25. The maximum atomic E-state index is 12.3.